The van der Waals surface area contributed by atoms with E-state index in [1.807, 2.05) is 11.6 Å². The maximum atomic E-state index is 6.26. The highest BCUT2D eigenvalue weighted by molar-refractivity contribution is 6.20. The summed E-state index contributed by atoms with van der Waals surface area (Å²) in [6.07, 6.45) is 1.47. The normalized spacial score (nSPS) is 17.4. The molecule has 0 saturated carbocycles. The Hall–Kier alpha value is -1.60. The molecular formula is C12H16ClN5O2. The number of fused-ring (bicyclic) bond motifs is 1. The Morgan fingerprint density at radius 3 is 2.75 bits per heavy atom. The minimum atomic E-state index is -0.239. The number of hydrogen-bond acceptors (Lipinski definition) is 6. The number of imidazole rings is 1. The van der Waals surface area contributed by atoms with Crippen molar-refractivity contribution in [3.63, 3.8) is 0 Å². The van der Waals surface area contributed by atoms with Gasteiger partial charge in [-0.15, -0.1) is 11.6 Å². The fourth-order valence-electron chi connectivity index (χ4n) is 2.32. The molecule has 1 aliphatic heterocycles. The van der Waals surface area contributed by atoms with Crippen LogP contribution in [0.1, 0.15) is 18.1 Å². The molecular weight excluding hydrogens is 282 g/mol. The second kappa shape index (κ2) is 5.41. The average molecular weight is 298 g/mol. The van der Waals surface area contributed by atoms with Gasteiger partial charge >= 0.3 is 0 Å². The van der Waals surface area contributed by atoms with Gasteiger partial charge in [0.1, 0.15) is 12.2 Å². The fourth-order valence-corrected chi connectivity index (χ4v) is 2.46. The number of aromatic nitrogens is 4. The molecule has 1 unspecified atom stereocenters. The third-order valence-corrected chi connectivity index (χ3v) is 3.43. The predicted molar refractivity (Wildman–Crippen MR) is 74.9 cm³/mol. The van der Waals surface area contributed by atoms with E-state index in [9.17, 15) is 0 Å². The van der Waals surface area contributed by atoms with Crippen molar-refractivity contribution in [2.24, 2.45) is 0 Å². The number of halogens is 1. The summed E-state index contributed by atoms with van der Waals surface area (Å²) in [5, 5.41) is 1.90. The van der Waals surface area contributed by atoms with E-state index >= 15 is 0 Å². The van der Waals surface area contributed by atoms with Gasteiger partial charge in [-0.2, -0.15) is 4.98 Å². The van der Waals surface area contributed by atoms with Crippen molar-refractivity contribution >= 4 is 22.8 Å². The van der Waals surface area contributed by atoms with Gasteiger partial charge in [-0.05, 0) is 6.92 Å². The average Bonchev–Trinajstić information content (AvgIpc) is 2.87. The molecule has 0 radical (unpaired) electrons. The summed E-state index contributed by atoms with van der Waals surface area (Å²) in [6, 6.07) is 0. The first-order chi connectivity index (χ1) is 9.72. The molecule has 0 amide bonds. The predicted octanol–water partition coefficient (Wildman–Crippen LogP) is 1.10. The molecule has 8 heteroatoms. The summed E-state index contributed by atoms with van der Waals surface area (Å²) in [5.74, 6) is 1.20. The zero-order chi connectivity index (χ0) is 14.1. The Bertz CT molecular complexity index is 609. The fraction of sp³-hybridized carbons (Fsp3) is 0.583. The molecule has 1 saturated heterocycles. The van der Waals surface area contributed by atoms with Crippen LogP contribution in [0.4, 0.5) is 0 Å². The zero-order valence-corrected chi connectivity index (χ0v) is 12.2. The van der Waals surface area contributed by atoms with Crippen molar-refractivity contribution in [2.75, 3.05) is 38.4 Å². The van der Waals surface area contributed by atoms with Crippen LogP contribution in [0.25, 0.3) is 11.2 Å². The largest absolute Gasteiger partial charge is 0.479 e. The Morgan fingerprint density at radius 1 is 1.35 bits per heavy atom. The Balaban J connectivity index is 2.18. The van der Waals surface area contributed by atoms with Gasteiger partial charge in [0.15, 0.2) is 11.2 Å². The van der Waals surface area contributed by atoms with E-state index in [4.69, 9.17) is 21.1 Å². The van der Waals surface area contributed by atoms with Crippen LogP contribution in [0.2, 0.25) is 0 Å². The van der Waals surface area contributed by atoms with Crippen LogP contribution >= 0.6 is 11.6 Å². The van der Waals surface area contributed by atoms with E-state index < -0.39 is 0 Å². The van der Waals surface area contributed by atoms with Crippen LogP contribution in [0.5, 0.6) is 5.88 Å². The summed E-state index contributed by atoms with van der Waals surface area (Å²) in [4.78, 5) is 13.0. The van der Waals surface area contributed by atoms with E-state index in [-0.39, 0.29) is 5.38 Å². The van der Waals surface area contributed by atoms with Crippen molar-refractivity contribution in [3.05, 3.63) is 12.2 Å². The first-order valence-corrected chi connectivity index (χ1v) is 6.90. The monoisotopic (exact) mass is 297 g/mol. The lowest BCUT2D eigenvalue weighted by Crippen LogP contribution is -2.44. The molecule has 0 spiro atoms. The number of alkyl halides is 1. The number of morpholine rings is 1. The van der Waals surface area contributed by atoms with E-state index in [2.05, 4.69) is 20.0 Å². The van der Waals surface area contributed by atoms with Crippen LogP contribution in [-0.4, -0.2) is 53.0 Å². The van der Waals surface area contributed by atoms with Gasteiger partial charge in [-0.3, -0.25) is 0 Å². The SMILES string of the molecule is COc1ncnc2c1nc(C(C)Cl)n2N1CCOCC1. The minimum absolute atomic E-state index is 0.239. The van der Waals surface area contributed by atoms with E-state index in [0.717, 1.165) is 18.9 Å². The van der Waals surface area contributed by atoms with Gasteiger partial charge in [0.2, 0.25) is 5.88 Å². The van der Waals surface area contributed by atoms with Crippen LogP contribution in [0.15, 0.2) is 6.33 Å². The lowest BCUT2D eigenvalue weighted by molar-refractivity contribution is 0.111. The number of nitrogens with zero attached hydrogens (tertiary/aromatic N) is 5. The highest BCUT2D eigenvalue weighted by Gasteiger charge is 2.24. The van der Waals surface area contributed by atoms with Gasteiger partial charge in [-0.25, -0.2) is 14.6 Å². The van der Waals surface area contributed by atoms with E-state index in [1.165, 1.54) is 6.33 Å². The van der Waals surface area contributed by atoms with E-state index in [0.29, 0.717) is 30.3 Å². The molecule has 0 aliphatic carbocycles. The van der Waals surface area contributed by atoms with Crippen molar-refractivity contribution in [1.82, 2.24) is 19.6 Å². The van der Waals surface area contributed by atoms with Gasteiger partial charge in [0.25, 0.3) is 0 Å². The number of methoxy groups -OCH3 is 1. The van der Waals surface area contributed by atoms with Crippen LogP contribution in [0.3, 0.4) is 0 Å². The molecule has 2 aromatic rings. The molecule has 2 aromatic heterocycles. The molecule has 1 aliphatic rings. The highest BCUT2D eigenvalue weighted by atomic mass is 35.5. The van der Waals surface area contributed by atoms with Crippen LogP contribution in [0, 0.1) is 0 Å². The van der Waals surface area contributed by atoms with Crippen molar-refractivity contribution < 1.29 is 9.47 Å². The summed E-state index contributed by atoms with van der Waals surface area (Å²) < 4.78 is 12.6. The molecule has 20 heavy (non-hydrogen) atoms. The lowest BCUT2D eigenvalue weighted by atomic mass is 10.4. The topological polar surface area (TPSA) is 65.3 Å². The summed E-state index contributed by atoms with van der Waals surface area (Å²) in [6.45, 7) is 4.79. The quantitative estimate of drug-likeness (QED) is 0.791. The van der Waals surface area contributed by atoms with Crippen molar-refractivity contribution in [2.45, 2.75) is 12.3 Å². The van der Waals surface area contributed by atoms with Crippen molar-refractivity contribution in [1.29, 1.82) is 0 Å². The first-order valence-electron chi connectivity index (χ1n) is 6.46. The molecule has 0 aromatic carbocycles. The van der Waals surface area contributed by atoms with Crippen LogP contribution in [-0.2, 0) is 4.74 Å². The molecule has 0 N–H and O–H groups in total. The molecule has 0 bridgehead atoms. The Morgan fingerprint density at radius 2 is 2.10 bits per heavy atom. The van der Waals surface area contributed by atoms with Gasteiger partial charge in [-0.1, -0.05) is 0 Å². The molecule has 7 nitrogen and oxygen atoms in total. The maximum absolute atomic E-state index is 6.26. The molecule has 3 heterocycles. The maximum Gasteiger partial charge on any atom is 0.245 e. The number of rotatable bonds is 3. The minimum Gasteiger partial charge on any atom is -0.479 e. The van der Waals surface area contributed by atoms with Crippen molar-refractivity contribution in [3.8, 4) is 5.88 Å². The number of hydrogen-bond donors (Lipinski definition) is 0. The smallest absolute Gasteiger partial charge is 0.245 e. The molecule has 3 rings (SSSR count). The standard InChI is InChI=1S/C12H16ClN5O2/c1-8(13)10-16-9-11(14-7-15-12(9)19-2)18(10)17-3-5-20-6-4-17/h7-8H,3-6H2,1-2H3. The highest BCUT2D eigenvalue weighted by Crippen LogP contribution is 2.27. The van der Waals surface area contributed by atoms with E-state index in [1.54, 1.807) is 7.11 Å². The van der Waals surface area contributed by atoms with Gasteiger partial charge in [0, 0.05) is 0 Å². The summed E-state index contributed by atoms with van der Waals surface area (Å²) in [5.41, 5.74) is 1.34. The first kappa shape index (κ1) is 13.4. The Kier molecular flexibility index (Phi) is 3.62. The summed E-state index contributed by atoms with van der Waals surface area (Å²) in [7, 11) is 1.57. The van der Waals surface area contributed by atoms with Crippen LogP contribution < -0.4 is 9.75 Å². The van der Waals surface area contributed by atoms with Gasteiger partial charge in [0.05, 0.1) is 38.8 Å². The Labute approximate surface area is 121 Å². The number of ether oxygens (including phenoxy) is 2. The summed E-state index contributed by atoms with van der Waals surface area (Å²) >= 11 is 6.26. The molecule has 108 valence electrons. The second-order valence-electron chi connectivity index (χ2n) is 4.52. The zero-order valence-electron chi connectivity index (χ0n) is 11.4. The van der Waals surface area contributed by atoms with Gasteiger partial charge < -0.3 is 14.5 Å². The third-order valence-electron chi connectivity index (χ3n) is 3.23. The lowest BCUT2D eigenvalue weighted by Gasteiger charge is -2.31. The third kappa shape index (κ3) is 2.16. The second-order valence-corrected chi connectivity index (χ2v) is 5.17. The molecule has 1 fully saturated rings. The molecule has 1 atom stereocenters.